The van der Waals surface area contributed by atoms with E-state index in [9.17, 15) is 4.39 Å². The third-order valence-corrected chi connectivity index (χ3v) is 1.76. The zero-order valence-electron chi connectivity index (χ0n) is 8.34. The largest absolute Gasteiger partial charge is 0.382 e. The van der Waals surface area contributed by atoms with Crippen LogP contribution in [0.2, 0.25) is 0 Å². The van der Waals surface area contributed by atoms with Crippen LogP contribution in [0.15, 0.2) is 0 Å². The normalized spacial score (nSPS) is 34.2. The van der Waals surface area contributed by atoms with Gasteiger partial charge in [0.15, 0.2) is 0 Å². The molecule has 1 rings (SSSR count). The molecule has 0 aromatic rings. The van der Waals surface area contributed by atoms with Gasteiger partial charge in [-0.25, -0.2) is 4.39 Å². The Kier molecular flexibility index (Phi) is 6.30. The van der Waals surface area contributed by atoms with Crippen LogP contribution in [0, 0.1) is 0 Å². The van der Waals surface area contributed by atoms with Gasteiger partial charge in [-0.15, -0.1) is 0 Å². The molecule has 0 radical (unpaired) electrons. The Morgan fingerprint density at radius 3 is 2.42 bits per heavy atom. The van der Waals surface area contributed by atoms with Crippen molar-refractivity contribution < 1.29 is 13.9 Å². The topological polar surface area (TPSA) is 18.5 Å². The van der Waals surface area contributed by atoms with E-state index < -0.39 is 6.17 Å². The molecule has 12 heavy (non-hydrogen) atoms. The third kappa shape index (κ3) is 3.50. The Morgan fingerprint density at radius 1 is 1.50 bits per heavy atom. The minimum Gasteiger partial charge on any atom is -0.382 e. The molecule has 1 heterocycles. The van der Waals surface area contributed by atoms with Gasteiger partial charge in [-0.3, -0.25) is 0 Å². The number of hydrogen-bond donors (Lipinski definition) is 0. The second-order valence-electron chi connectivity index (χ2n) is 2.67. The zero-order chi connectivity index (χ0) is 9.56. The molecule has 0 saturated carbocycles. The van der Waals surface area contributed by atoms with Gasteiger partial charge in [0.05, 0.1) is 18.8 Å². The van der Waals surface area contributed by atoms with Gasteiger partial charge >= 0.3 is 0 Å². The Balaban J connectivity index is 0.000000561. The molecule has 0 aromatic carbocycles. The van der Waals surface area contributed by atoms with Crippen molar-refractivity contribution in [3.8, 4) is 0 Å². The summed E-state index contributed by atoms with van der Waals surface area (Å²) in [4.78, 5) is 0. The Bertz CT molecular complexity index is 98.7. The van der Waals surface area contributed by atoms with Crippen molar-refractivity contribution in [2.45, 2.75) is 45.6 Å². The van der Waals surface area contributed by atoms with Crippen molar-refractivity contribution in [3.63, 3.8) is 0 Å². The first kappa shape index (κ1) is 11.8. The number of rotatable bonds is 2. The van der Waals surface area contributed by atoms with Gasteiger partial charge in [0.2, 0.25) is 0 Å². The highest BCUT2D eigenvalue weighted by Crippen LogP contribution is 2.22. The molecule has 0 aromatic heterocycles. The van der Waals surface area contributed by atoms with E-state index in [1.165, 1.54) is 0 Å². The van der Waals surface area contributed by atoms with Gasteiger partial charge in [-0.05, 0) is 6.92 Å². The maximum absolute atomic E-state index is 12.7. The number of ether oxygens (including phenoxy) is 2. The number of hydrogen-bond acceptors (Lipinski definition) is 2. The van der Waals surface area contributed by atoms with Crippen LogP contribution in [0.4, 0.5) is 4.39 Å². The molecule has 3 heteroatoms. The van der Waals surface area contributed by atoms with E-state index in [1.54, 1.807) is 14.0 Å². The summed E-state index contributed by atoms with van der Waals surface area (Å²) in [5.41, 5.74) is 0. The molecular formula is C9H19FO2. The van der Waals surface area contributed by atoms with Crippen LogP contribution in [0.1, 0.15) is 27.2 Å². The first-order chi connectivity index (χ1) is 5.74. The van der Waals surface area contributed by atoms with Crippen molar-refractivity contribution in [1.29, 1.82) is 0 Å². The molecule has 0 spiro atoms. The number of methoxy groups -OCH3 is 1. The first-order valence-electron chi connectivity index (χ1n) is 4.52. The monoisotopic (exact) mass is 178 g/mol. The molecule has 0 bridgehead atoms. The van der Waals surface area contributed by atoms with Crippen molar-refractivity contribution in [2.24, 2.45) is 0 Å². The fourth-order valence-electron chi connectivity index (χ4n) is 1.18. The van der Waals surface area contributed by atoms with Crippen LogP contribution in [0.3, 0.4) is 0 Å². The molecular weight excluding hydrogens is 159 g/mol. The summed E-state index contributed by atoms with van der Waals surface area (Å²) < 4.78 is 22.8. The smallest absolute Gasteiger partial charge is 0.128 e. The van der Waals surface area contributed by atoms with E-state index in [-0.39, 0.29) is 12.2 Å². The van der Waals surface area contributed by atoms with Crippen molar-refractivity contribution in [1.82, 2.24) is 0 Å². The number of alkyl halides is 1. The highest BCUT2D eigenvalue weighted by molar-refractivity contribution is 4.78. The molecule has 0 N–H and O–H groups in total. The van der Waals surface area contributed by atoms with Crippen molar-refractivity contribution in [2.75, 3.05) is 13.7 Å². The highest BCUT2D eigenvalue weighted by atomic mass is 19.1. The van der Waals surface area contributed by atoms with Gasteiger partial charge < -0.3 is 9.47 Å². The zero-order valence-corrected chi connectivity index (χ0v) is 8.34. The van der Waals surface area contributed by atoms with Crippen LogP contribution >= 0.6 is 0 Å². The summed E-state index contributed by atoms with van der Waals surface area (Å²) in [6, 6.07) is 0. The molecule has 0 aliphatic carbocycles. The summed E-state index contributed by atoms with van der Waals surface area (Å²) in [6.07, 6.45) is -0.607. The van der Waals surface area contributed by atoms with Crippen LogP contribution in [-0.2, 0) is 9.47 Å². The average molecular weight is 178 g/mol. The summed E-state index contributed by atoms with van der Waals surface area (Å²) >= 11 is 0. The van der Waals surface area contributed by atoms with Gasteiger partial charge in [0.1, 0.15) is 6.17 Å². The lowest BCUT2D eigenvalue weighted by Crippen LogP contribution is -2.14. The third-order valence-electron chi connectivity index (χ3n) is 1.76. The maximum Gasteiger partial charge on any atom is 0.128 e. The fourth-order valence-corrected chi connectivity index (χ4v) is 1.18. The van der Waals surface area contributed by atoms with Gasteiger partial charge in [0.25, 0.3) is 0 Å². The van der Waals surface area contributed by atoms with E-state index in [0.29, 0.717) is 13.0 Å². The van der Waals surface area contributed by atoms with Crippen LogP contribution in [-0.4, -0.2) is 32.1 Å². The van der Waals surface area contributed by atoms with E-state index in [2.05, 4.69) is 0 Å². The average Bonchev–Trinajstić information content (AvgIpc) is 2.36. The van der Waals surface area contributed by atoms with Gasteiger partial charge in [-0.2, -0.15) is 0 Å². The van der Waals surface area contributed by atoms with E-state index in [1.807, 2.05) is 13.8 Å². The number of halogens is 1. The summed E-state index contributed by atoms with van der Waals surface area (Å²) in [6.45, 7) is 6.26. The second kappa shape index (κ2) is 6.38. The molecule has 2 nitrogen and oxygen atoms in total. The Labute approximate surface area is 74.1 Å². The van der Waals surface area contributed by atoms with Gasteiger partial charge in [0, 0.05) is 13.5 Å². The minimum absolute atomic E-state index is 0.0324. The second-order valence-corrected chi connectivity index (χ2v) is 2.67. The molecule has 0 amide bonds. The van der Waals surface area contributed by atoms with E-state index >= 15 is 0 Å². The molecule has 1 aliphatic rings. The molecule has 1 unspecified atom stereocenters. The predicted octanol–water partition coefficient (Wildman–Crippen LogP) is 2.17. The molecule has 1 fully saturated rings. The van der Waals surface area contributed by atoms with E-state index in [0.717, 1.165) is 0 Å². The fraction of sp³-hybridized carbons (Fsp3) is 1.00. The highest BCUT2D eigenvalue weighted by Gasteiger charge is 2.31. The molecule has 3 atom stereocenters. The van der Waals surface area contributed by atoms with Gasteiger partial charge in [-0.1, -0.05) is 13.8 Å². The van der Waals surface area contributed by atoms with Crippen molar-refractivity contribution in [3.05, 3.63) is 0 Å². The predicted molar refractivity (Wildman–Crippen MR) is 47.1 cm³/mol. The lowest BCUT2D eigenvalue weighted by atomic mass is 10.2. The quantitative estimate of drug-likeness (QED) is 0.645. The van der Waals surface area contributed by atoms with E-state index in [4.69, 9.17) is 9.47 Å². The standard InChI is InChI=1S/C7H13FO2.C2H6/c1-5-7(8)3-6(10-5)4-9-2;1-2/h5-7H,3-4H2,1-2H3;1-2H3/t5?,6-,7-;/m0./s1. The molecule has 1 aliphatic heterocycles. The van der Waals surface area contributed by atoms with Crippen LogP contribution in [0.5, 0.6) is 0 Å². The SMILES string of the molecule is CC.COC[C@@H]1C[C@H](F)C(C)O1. The maximum atomic E-state index is 12.7. The summed E-state index contributed by atoms with van der Waals surface area (Å²) in [5.74, 6) is 0. The van der Waals surface area contributed by atoms with Crippen LogP contribution in [0.25, 0.3) is 0 Å². The molecule has 74 valence electrons. The summed E-state index contributed by atoms with van der Waals surface area (Å²) in [7, 11) is 1.60. The Morgan fingerprint density at radius 2 is 2.08 bits per heavy atom. The first-order valence-corrected chi connectivity index (χ1v) is 4.52. The molecule has 1 saturated heterocycles. The van der Waals surface area contributed by atoms with Crippen molar-refractivity contribution >= 4 is 0 Å². The Hall–Kier alpha value is -0.150. The lowest BCUT2D eigenvalue weighted by Gasteiger charge is -2.07. The van der Waals surface area contributed by atoms with Crippen LogP contribution < -0.4 is 0 Å². The summed E-state index contributed by atoms with van der Waals surface area (Å²) in [5, 5.41) is 0. The lowest BCUT2D eigenvalue weighted by molar-refractivity contribution is -0.00118. The minimum atomic E-state index is -0.805.